The summed E-state index contributed by atoms with van der Waals surface area (Å²) in [4.78, 5) is 0. The van der Waals surface area contributed by atoms with Gasteiger partial charge in [-0.05, 0) is 69.2 Å². The molecule has 0 heterocycles. The highest BCUT2D eigenvalue weighted by atomic mass is 16.5. The Labute approximate surface area is 121 Å². The Balaban J connectivity index is 1.87. The quantitative estimate of drug-likeness (QED) is 0.831. The van der Waals surface area contributed by atoms with Crippen LogP contribution in [0.4, 0.5) is 0 Å². The summed E-state index contributed by atoms with van der Waals surface area (Å²) in [6, 6.07) is 8.75. The molecule has 0 fully saturated rings. The van der Waals surface area contributed by atoms with Gasteiger partial charge in [-0.2, -0.15) is 5.26 Å². The minimum Gasteiger partial charge on any atom is -0.494 e. The van der Waals surface area contributed by atoms with Gasteiger partial charge in [-0.1, -0.05) is 6.07 Å². The van der Waals surface area contributed by atoms with Crippen LogP contribution < -0.4 is 10.5 Å². The predicted molar refractivity (Wildman–Crippen MR) is 80.4 cm³/mol. The Morgan fingerprint density at radius 1 is 1.45 bits per heavy atom. The molecule has 0 saturated heterocycles. The molecule has 20 heavy (non-hydrogen) atoms. The molecule has 0 spiro atoms. The van der Waals surface area contributed by atoms with Gasteiger partial charge in [0.25, 0.3) is 0 Å². The first-order chi connectivity index (χ1) is 9.52. The van der Waals surface area contributed by atoms with Gasteiger partial charge in [0.05, 0.1) is 18.1 Å². The van der Waals surface area contributed by atoms with Crippen LogP contribution in [0.15, 0.2) is 18.2 Å². The van der Waals surface area contributed by atoms with Crippen molar-refractivity contribution in [1.29, 1.82) is 5.26 Å². The minimum absolute atomic E-state index is 0.184. The lowest BCUT2D eigenvalue weighted by atomic mass is 9.88. The molecule has 2 N–H and O–H groups in total. The first-order valence-electron chi connectivity index (χ1n) is 7.44. The summed E-state index contributed by atoms with van der Waals surface area (Å²) in [5, 5.41) is 8.96. The average Bonchev–Trinajstić information content (AvgIpc) is 2.44. The summed E-state index contributed by atoms with van der Waals surface area (Å²) in [6.45, 7) is 4.59. The third kappa shape index (κ3) is 3.74. The van der Waals surface area contributed by atoms with Crippen LogP contribution in [-0.2, 0) is 6.42 Å². The summed E-state index contributed by atoms with van der Waals surface area (Å²) in [5.41, 5.74) is 8.46. The molecule has 1 aromatic carbocycles. The molecule has 0 bridgehead atoms. The van der Waals surface area contributed by atoms with Crippen molar-refractivity contribution >= 4 is 0 Å². The molecular formula is C17H24N2O. The van der Waals surface area contributed by atoms with Crippen LogP contribution in [0.25, 0.3) is 0 Å². The number of nitriles is 1. The largest absolute Gasteiger partial charge is 0.494 e. The molecule has 3 heteroatoms. The van der Waals surface area contributed by atoms with Crippen molar-refractivity contribution in [1.82, 2.24) is 0 Å². The zero-order valence-electron chi connectivity index (χ0n) is 12.5. The van der Waals surface area contributed by atoms with Crippen LogP contribution in [0, 0.1) is 16.7 Å². The maximum Gasteiger partial charge on any atom is 0.119 e. The number of fused-ring (bicyclic) bond motifs is 1. The lowest BCUT2D eigenvalue weighted by Gasteiger charge is -2.22. The Hall–Kier alpha value is -1.53. The SMILES string of the molecule is CC(C)(C#N)CCCOc1ccc2c(c1)CCCC2N. The highest BCUT2D eigenvalue weighted by Crippen LogP contribution is 2.30. The van der Waals surface area contributed by atoms with Crippen molar-refractivity contribution in [2.45, 2.75) is 52.0 Å². The molecular weight excluding hydrogens is 248 g/mol. The molecule has 0 amide bonds. The Bertz CT molecular complexity index is 502. The first-order valence-corrected chi connectivity index (χ1v) is 7.44. The highest BCUT2D eigenvalue weighted by Gasteiger charge is 2.18. The summed E-state index contributed by atoms with van der Waals surface area (Å²) in [5.74, 6) is 0.924. The first kappa shape index (κ1) is 14.9. The molecule has 0 radical (unpaired) electrons. The minimum atomic E-state index is -0.258. The van der Waals surface area contributed by atoms with E-state index in [1.54, 1.807) is 0 Å². The standard InChI is InChI=1S/C17H24N2O/c1-17(2,12-18)9-4-10-20-14-7-8-15-13(11-14)5-3-6-16(15)19/h7-8,11,16H,3-6,9-10,19H2,1-2H3. The van der Waals surface area contributed by atoms with Crippen LogP contribution in [0.3, 0.4) is 0 Å². The second-order valence-electron chi connectivity index (χ2n) is 6.31. The summed E-state index contributed by atoms with van der Waals surface area (Å²) in [7, 11) is 0. The molecule has 108 valence electrons. The fraction of sp³-hybridized carbons (Fsp3) is 0.588. The number of nitrogens with zero attached hydrogens (tertiary/aromatic N) is 1. The van der Waals surface area contributed by atoms with Crippen LogP contribution in [-0.4, -0.2) is 6.61 Å². The van der Waals surface area contributed by atoms with Gasteiger partial charge >= 0.3 is 0 Å². The van der Waals surface area contributed by atoms with E-state index in [9.17, 15) is 0 Å². The van der Waals surface area contributed by atoms with Crippen molar-refractivity contribution in [2.75, 3.05) is 6.61 Å². The van der Waals surface area contributed by atoms with Crippen LogP contribution in [0.5, 0.6) is 5.75 Å². The van der Waals surface area contributed by atoms with Crippen molar-refractivity contribution < 1.29 is 4.74 Å². The fourth-order valence-corrected chi connectivity index (χ4v) is 2.68. The van der Waals surface area contributed by atoms with E-state index >= 15 is 0 Å². The summed E-state index contributed by atoms with van der Waals surface area (Å²) < 4.78 is 5.80. The van der Waals surface area contributed by atoms with Crippen LogP contribution in [0.1, 0.15) is 56.7 Å². The number of ether oxygens (including phenoxy) is 1. The predicted octanol–water partition coefficient (Wildman–Crippen LogP) is 3.73. The molecule has 0 aliphatic heterocycles. The molecule has 1 unspecified atom stereocenters. The number of nitrogens with two attached hydrogens (primary N) is 1. The van der Waals surface area contributed by atoms with Gasteiger partial charge in [0.1, 0.15) is 5.75 Å². The molecule has 1 aromatic rings. The average molecular weight is 272 g/mol. The van der Waals surface area contributed by atoms with Crippen LogP contribution in [0.2, 0.25) is 0 Å². The van der Waals surface area contributed by atoms with Crippen molar-refractivity contribution in [2.24, 2.45) is 11.1 Å². The molecule has 1 aliphatic carbocycles. The number of hydrogen-bond acceptors (Lipinski definition) is 3. The maximum absolute atomic E-state index is 8.96. The zero-order chi connectivity index (χ0) is 14.6. The van der Waals surface area contributed by atoms with Crippen molar-refractivity contribution in [3.05, 3.63) is 29.3 Å². The molecule has 0 aromatic heterocycles. The number of rotatable bonds is 5. The number of hydrogen-bond donors (Lipinski definition) is 1. The van der Waals surface area contributed by atoms with Gasteiger partial charge in [-0.15, -0.1) is 0 Å². The monoisotopic (exact) mass is 272 g/mol. The van der Waals surface area contributed by atoms with Gasteiger partial charge in [-0.25, -0.2) is 0 Å². The lowest BCUT2D eigenvalue weighted by Crippen LogP contribution is -2.17. The Kier molecular flexibility index (Phi) is 4.67. The molecule has 0 saturated carbocycles. The van der Waals surface area contributed by atoms with E-state index < -0.39 is 0 Å². The van der Waals surface area contributed by atoms with Crippen molar-refractivity contribution in [3.8, 4) is 11.8 Å². The molecule has 2 rings (SSSR count). The molecule has 1 atom stereocenters. The van der Waals surface area contributed by atoms with Gasteiger partial charge in [-0.3, -0.25) is 0 Å². The number of aryl methyl sites for hydroxylation is 1. The van der Waals surface area contributed by atoms with Gasteiger partial charge < -0.3 is 10.5 Å². The molecule has 1 aliphatic rings. The fourth-order valence-electron chi connectivity index (χ4n) is 2.68. The van der Waals surface area contributed by atoms with E-state index in [-0.39, 0.29) is 11.5 Å². The van der Waals surface area contributed by atoms with E-state index in [4.69, 9.17) is 15.7 Å². The van der Waals surface area contributed by atoms with Crippen molar-refractivity contribution in [3.63, 3.8) is 0 Å². The van der Waals surface area contributed by atoms with Crippen LogP contribution >= 0.6 is 0 Å². The van der Waals surface area contributed by atoms with E-state index in [0.717, 1.165) is 37.9 Å². The topological polar surface area (TPSA) is 59.0 Å². The van der Waals surface area contributed by atoms with E-state index in [0.29, 0.717) is 6.61 Å². The van der Waals surface area contributed by atoms with E-state index in [1.165, 1.54) is 11.1 Å². The van der Waals surface area contributed by atoms with Gasteiger partial charge in [0.2, 0.25) is 0 Å². The normalized spacial score (nSPS) is 18.2. The van der Waals surface area contributed by atoms with Gasteiger partial charge in [0, 0.05) is 6.04 Å². The summed E-state index contributed by atoms with van der Waals surface area (Å²) >= 11 is 0. The Morgan fingerprint density at radius 2 is 2.25 bits per heavy atom. The van der Waals surface area contributed by atoms with E-state index in [1.807, 2.05) is 19.9 Å². The second kappa shape index (κ2) is 6.28. The maximum atomic E-state index is 8.96. The second-order valence-corrected chi connectivity index (χ2v) is 6.31. The Morgan fingerprint density at radius 3 is 3.00 bits per heavy atom. The lowest BCUT2D eigenvalue weighted by molar-refractivity contribution is 0.283. The number of benzene rings is 1. The third-order valence-electron chi connectivity index (χ3n) is 3.99. The third-order valence-corrected chi connectivity index (χ3v) is 3.99. The zero-order valence-corrected chi connectivity index (χ0v) is 12.5. The summed E-state index contributed by atoms with van der Waals surface area (Å²) in [6.07, 6.45) is 5.10. The van der Waals surface area contributed by atoms with E-state index in [2.05, 4.69) is 18.2 Å². The van der Waals surface area contributed by atoms with Gasteiger partial charge in [0.15, 0.2) is 0 Å². The smallest absolute Gasteiger partial charge is 0.119 e. The molecule has 3 nitrogen and oxygen atoms in total. The highest BCUT2D eigenvalue weighted by molar-refractivity contribution is 5.38.